The molecular weight excluding hydrogens is 252 g/mol. The summed E-state index contributed by atoms with van der Waals surface area (Å²) in [5, 5.41) is 12.9. The Morgan fingerprint density at radius 1 is 1.26 bits per heavy atom. The Labute approximate surface area is 111 Å². The quantitative estimate of drug-likeness (QED) is 0.311. The molecule has 2 N–H and O–H groups in total. The van der Waals surface area contributed by atoms with Crippen LogP contribution in [0.3, 0.4) is 0 Å². The van der Waals surface area contributed by atoms with Gasteiger partial charge in [-0.1, -0.05) is 5.43 Å². The minimum atomic E-state index is -0.595. The summed E-state index contributed by atoms with van der Waals surface area (Å²) in [5.74, 6) is 0.984. The van der Waals surface area contributed by atoms with E-state index in [1.54, 1.807) is 0 Å². The minimum Gasteiger partial charge on any atom is -0.381 e. The molecule has 2 saturated heterocycles. The summed E-state index contributed by atoms with van der Waals surface area (Å²) in [4.78, 5) is 14.8. The van der Waals surface area contributed by atoms with Crippen LogP contribution in [0.2, 0.25) is 0 Å². The van der Waals surface area contributed by atoms with Crippen molar-refractivity contribution in [1.29, 1.82) is 0 Å². The molecule has 2 atom stereocenters. The summed E-state index contributed by atoms with van der Waals surface area (Å²) in [7, 11) is 0. The van der Waals surface area contributed by atoms with Gasteiger partial charge in [-0.15, -0.1) is 0 Å². The molecule has 0 aromatic heterocycles. The van der Waals surface area contributed by atoms with E-state index in [1.807, 2.05) is 0 Å². The van der Waals surface area contributed by atoms with E-state index < -0.39 is 5.03 Å². The zero-order chi connectivity index (χ0) is 13.5. The van der Waals surface area contributed by atoms with Crippen LogP contribution in [0.5, 0.6) is 0 Å². The molecule has 0 bridgehead atoms. The van der Waals surface area contributed by atoms with E-state index >= 15 is 0 Å². The van der Waals surface area contributed by atoms with Crippen LogP contribution in [-0.2, 0) is 9.47 Å². The van der Waals surface area contributed by atoms with Crippen LogP contribution < -0.4 is 10.7 Å². The SMILES string of the molecule is O=[N+]([O-])NC(=NCC1CCOC1)NCC1CCOC1. The molecule has 8 nitrogen and oxygen atoms in total. The summed E-state index contributed by atoms with van der Waals surface area (Å²) >= 11 is 0. The maximum absolute atomic E-state index is 10.5. The predicted molar refractivity (Wildman–Crippen MR) is 68.3 cm³/mol. The Morgan fingerprint density at radius 3 is 2.53 bits per heavy atom. The second-order valence-electron chi connectivity index (χ2n) is 4.90. The number of hydrogen-bond donors (Lipinski definition) is 2. The fraction of sp³-hybridized carbons (Fsp3) is 0.909. The number of nitro groups is 1. The van der Waals surface area contributed by atoms with E-state index in [9.17, 15) is 10.1 Å². The van der Waals surface area contributed by atoms with Gasteiger partial charge in [0.05, 0.1) is 13.2 Å². The molecule has 2 fully saturated rings. The molecule has 108 valence electrons. The van der Waals surface area contributed by atoms with Gasteiger partial charge in [-0.2, -0.15) is 0 Å². The van der Waals surface area contributed by atoms with Gasteiger partial charge in [0.2, 0.25) is 0 Å². The highest BCUT2D eigenvalue weighted by Crippen LogP contribution is 2.12. The minimum absolute atomic E-state index is 0.226. The van der Waals surface area contributed by atoms with Crippen LogP contribution in [-0.4, -0.2) is 50.5 Å². The van der Waals surface area contributed by atoms with Crippen molar-refractivity contribution in [3.8, 4) is 0 Å². The lowest BCUT2D eigenvalue weighted by molar-refractivity contribution is -0.525. The van der Waals surface area contributed by atoms with Crippen molar-refractivity contribution in [3.05, 3.63) is 10.1 Å². The van der Waals surface area contributed by atoms with E-state index in [4.69, 9.17) is 9.47 Å². The fourth-order valence-electron chi connectivity index (χ4n) is 2.15. The number of rotatable bonds is 5. The van der Waals surface area contributed by atoms with Gasteiger partial charge in [0.15, 0.2) is 5.03 Å². The molecule has 2 unspecified atom stereocenters. The molecule has 2 aliphatic rings. The number of guanidine groups is 1. The highest BCUT2D eigenvalue weighted by Gasteiger charge is 2.18. The molecule has 8 heteroatoms. The number of nitrogens with one attached hydrogen (secondary N) is 2. The molecule has 0 aromatic carbocycles. The van der Waals surface area contributed by atoms with Gasteiger partial charge in [0.1, 0.15) is 0 Å². The van der Waals surface area contributed by atoms with Gasteiger partial charge < -0.3 is 14.8 Å². The monoisotopic (exact) mass is 272 g/mol. The van der Waals surface area contributed by atoms with E-state index in [-0.39, 0.29) is 5.96 Å². The molecule has 19 heavy (non-hydrogen) atoms. The maximum atomic E-state index is 10.5. The van der Waals surface area contributed by atoms with Crippen LogP contribution in [0.4, 0.5) is 0 Å². The third-order valence-electron chi connectivity index (χ3n) is 3.31. The van der Waals surface area contributed by atoms with Crippen LogP contribution in [0.15, 0.2) is 4.99 Å². The zero-order valence-electron chi connectivity index (χ0n) is 10.8. The van der Waals surface area contributed by atoms with Crippen LogP contribution in [0.25, 0.3) is 0 Å². The first-order valence-corrected chi connectivity index (χ1v) is 6.59. The number of aliphatic imine (C=N–C) groups is 1. The van der Waals surface area contributed by atoms with Crippen LogP contribution in [0, 0.1) is 22.0 Å². The average Bonchev–Trinajstić information content (AvgIpc) is 3.05. The van der Waals surface area contributed by atoms with E-state index in [0.717, 1.165) is 26.1 Å². The summed E-state index contributed by atoms with van der Waals surface area (Å²) in [5.41, 5.74) is 2.11. The van der Waals surface area contributed by atoms with E-state index in [0.29, 0.717) is 38.1 Å². The van der Waals surface area contributed by atoms with Crippen LogP contribution in [0.1, 0.15) is 12.8 Å². The van der Waals surface area contributed by atoms with Crippen molar-refractivity contribution >= 4 is 5.96 Å². The second kappa shape index (κ2) is 7.25. The number of hydrazine groups is 1. The van der Waals surface area contributed by atoms with Crippen molar-refractivity contribution in [1.82, 2.24) is 10.7 Å². The number of ether oxygens (including phenoxy) is 2. The zero-order valence-corrected chi connectivity index (χ0v) is 10.8. The molecule has 0 spiro atoms. The van der Waals surface area contributed by atoms with E-state index in [1.165, 1.54) is 0 Å². The van der Waals surface area contributed by atoms with Gasteiger partial charge >= 0.3 is 0 Å². The summed E-state index contributed by atoms with van der Waals surface area (Å²) in [6.45, 7) is 4.10. The lowest BCUT2D eigenvalue weighted by Crippen LogP contribution is -2.43. The first-order valence-electron chi connectivity index (χ1n) is 6.59. The van der Waals surface area contributed by atoms with Crippen molar-refractivity contribution in [2.24, 2.45) is 16.8 Å². The smallest absolute Gasteiger partial charge is 0.254 e. The molecule has 2 heterocycles. The van der Waals surface area contributed by atoms with Crippen molar-refractivity contribution in [2.45, 2.75) is 12.8 Å². The van der Waals surface area contributed by atoms with Crippen LogP contribution >= 0.6 is 0 Å². The maximum Gasteiger partial charge on any atom is 0.254 e. The molecule has 0 aromatic rings. The topological polar surface area (TPSA) is 98.0 Å². The summed E-state index contributed by atoms with van der Waals surface area (Å²) in [6.07, 6.45) is 1.95. The number of nitrogens with zero attached hydrogens (tertiary/aromatic N) is 2. The Balaban J connectivity index is 1.78. The normalized spacial score (nSPS) is 27.5. The van der Waals surface area contributed by atoms with Crippen molar-refractivity contribution in [3.63, 3.8) is 0 Å². The predicted octanol–water partition coefficient (Wildman–Crippen LogP) is -0.214. The molecule has 0 aliphatic carbocycles. The Bertz CT molecular complexity index is 325. The van der Waals surface area contributed by atoms with Gasteiger partial charge in [0, 0.05) is 38.1 Å². The first kappa shape index (κ1) is 14.0. The van der Waals surface area contributed by atoms with Crippen molar-refractivity contribution < 1.29 is 14.5 Å². The molecule has 2 rings (SSSR count). The summed E-state index contributed by atoms with van der Waals surface area (Å²) < 4.78 is 10.5. The second-order valence-corrected chi connectivity index (χ2v) is 4.90. The Kier molecular flexibility index (Phi) is 5.34. The average molecular weight is 272 g/mol. The van der Waals surface area contributed by atoms with Gasteiger partial charge in [0.25, 0.3) is 5.96 Å². The number of hydrogen-bond acceptors (Lipinski definition) is 5. The Morgan fingerprint density at radius 2 is 1.95 bits per heavy atom. The fourth-order valence-corrected chi connectivity index (χ4v) is 2.15. The molecule has 2 aliphatic heterocycles. The van der Waals surface area contributed by atoms with Gasteiger partial charge in [-0.05, 0) is 12.8 Å². The Hall–Kier alpha value is -1.41. The molecule has 0 amide bonds. The highest BCUT2D eigenvalue weighted by molar-refractivity contribution is 5.78. The van der Waals surface area contributed by atoms with E-state index in [2.05, 4.69) is 15.7 Å². The molecular formula is C11H20N4O4. The lowest BCUT2D eigenvalue weighted by Gasteiger charge is -2.11. The van der Waals surface area contributed by atoms with Gasteiger partial charge in [-0.25, -0.2) is 15.1 Å². The lowest BCUT2D eigenvalue weighted by atomic mass is 10.1. The standard InChI is InChI=1S/C11H20N4O4/c16-15(17)14-11(12-5-9-1-3-18-7-9)13-6-10-2-4-19-8-10/h9-10H,1-8H2,(H2,12,13,14). The summed E-state index contributed by atoms with van der Waals surface area (Å²) in [6, 6.07) is 0. The molecule has 0 radical (unpaired) electrons. The first-order chi connectivity index (χ1) is 9.24. The van der Waals surface area contributed by atoms with Crippen molar-refractivity contribution in [2.75, 3.05) is 39.5 Å². The van der Waals surface area contributed by atoms with Gasteiger partial charge in [-0.3, -0.25) is 0 Å². The third-order valence-corrected chi connectivity index (χ3v) is 3.31. The third kappa shape index (κ3) is 4.99. The largest absolute Gasteiger partial charge is 0.381 e. The highest BCUT2D eigenvalue weighted by atomic mass is 16.7. The molecule has 0 saturated carbocycles.